The van der Waals surface area contributed by atoms with Crippen molar-refractivity contribution in [3.63, 3.8) is 0 Å². The van der Waals surface area contributed by atoms with Crippen LogP contribution in [-0.4, -0.2) is 44.5 Å². The first-order valence-electron chi connectivity index (χ1n) is 11.7. The Hall–Kier alpha value is -3.19. The van der Waals surface area contributed by atoms with Crippen LogP contribution in [0.3, 0.4) is 0 Å². The number of nitrogens with zero attached hydrogens (tertiary/aromatic N) is 1. The van der Waals surface area contributed by atoms with E-state index in [9.17, 15) is 14.0 Å². The molecule has 0 spiro atoms. The number of carbonyl (C=O) groups excluding carboxylic acids is 1. The van der Waals surface area contributed by atoms with Gasteiger partial charge in [-0.2, -0.15) is 0 Å². The number of piperidine rings is 1. The molecule has 1 aromatic heterocycles. The van der Waals surface area contributed by atoms with E-state index >= 15 is 0 Å². The average Bonchev–Trinajstić information content (AvgIpc) is 2.87. The number of methoxy groups -OCH3 is 2. The van der Waals surface area contributed by atoms with Crippen LogP contribution in [0.4, 0.5) is 4.39 Å². The molecule has 4 rings (SSSR count). The van der Waals surface area contributed by atoms with Gasteiger partial charge in [0.05, 0.1) is 20.5 Å². The van der Waals surface area contributed by atoms with Crippen molar-refractivity contribution in [2.75, 3.05) is 33.9 Å². The summed E-state index contributed by atoms with van der Waals surface area (Å²) in [6, 6.07) is 9.19. The first kappa shape index (κ1) is 24.0. The summed E-state index contributed by atoms with van der Waals surface area (Å²) < 4.78 is 29.4. The number of ketones is 1. The molecule has 2 heterocycles. The molecule has 180 valence electrons. The summed E-state index contributed by atoms with van der Waals surface area (Å²) >= 11 is 0. The Morgan fingerprint density at radius 1 is 1.09 bits per heavy atom. The lowest BCUT2D eigenvalue weighted by Crippen LogP contribution is -2.37. The van der Waals surface area contributed by atoms with Gasteiger partial charge in [-0.1, -0.05) is 0 Å². The van der Waals surface area contributed by atoms with Crippen LogP contribution in [0.5, 0.6) is 11.5 Å². The largest absolute Gasteiger partial charge is 0.496 e. The normalized spacial score (nSPS) is 14.9. The van der Waals surface area contributed by atoms with Crippen LogP contribution in [0.1, 0.15) is 41.6 Å². The smallest absolute Gasteiger partial charge is 0.199 e. The number of hydrogen-bond donors (Lipinski definition) is 0. The molecule has 0 aliphatic carbocycles. The van der Waals surface area contributed by atoms with E-state index < -0.39 is 0 Å². The Kier molecular flexibility index (Phi) is 7.63. The third-order valence-electron chi connectivity index (χ3n) is 6.60. The highest BCUT2D eigenvalue weighted by Crippen LogP contribution is 2.29. The van der Waals surface area contributed by atoms with Crippen LogP contribution in [-0.2, 0) is 6.42 Å². The summed E-state index contributed by atoms with van der Waals surface area (Å²) in [5.74, 6) is 0.798. The maximum atomic E-state index is 13.1. The van der Waals surface area contributed by atoms with Gasteiger partial charge in [0.2, 0.25) is 0 Å². The summed E-state index contributed by atoms with van der Waals surface area (Å²) in [4.78, 5) is 28.0. The van der Waals surface area contributed by atoms with E-state index in [4.69, 9.17) is 13.9 Å². The molecule has 2 aromatic carbocycles. The zero-order valence-electron chi connectivity index (χ0n) is 19.6. The predicted molar refractivity (Wildman–Crippen MR) is 128 cm³/mol. The average molecular weight is 468 g/mol. The van der Waals surface area contributed by atoms with Gasteiger partial charge >= 0.3 is 0 Å². The van der Waals surface area contributed by atoms with Gasteiger partial charge in [-0.15, -0.1) is 0 Å². The number of hydrogen-bond acceptors (Lipinski definition) is 6. The van der Waals surface area contributed by atoms with E-state index in [1.807, 2.05) is 0 Å². The molecular weight excluding hydrogens is 437 g/mol. The Balaban J connectivity index is 1.27. The second kappa shape index (κ2) is 10.8. The van der Waals surface area contributed by atoms with Crippen LogP contribution < -0.4 is 14.9 Å². The summed E-state index contributed by atoms with van der Waals surface area (Å²) in [5, 5.41) is 0.439. The topological polar surface area (TPSA) is 69.0 Å². The van der Waals surface area contributed by atoms with E-state index in [0.717, 1.165) is 45.3 Å². The van der Waals surface area contributed by atoms with Crippen LogP contribution in [0.15, 0.2) is 51.9 Å². The van der Waals surface area contributed by atoms with Gasteiger partial charge in [-0.25, -0.2) is 4.39 Å². The van der Waals surface area contributed by atoms with E-state index in [0.29, 0.717) is 40.0 Å². The fourth-order valence-corrected chi connectivity index (χ4v) is 4.60. The van der Waals surface area contributed by atoms with Crippen LogP contribution in [0, 0.1) is 11.7 Å². The molecule has 0 radical (unpaired) electrons. The number of rotatable bonds is 9. The fraction of sp³-hybridized carbons (Fsp3) is 0.407. The molecule has 1 fully saturated rings. The lowest BCUT2D eigenvalue weighted by atomic mass is 9.89. The van der Waals surface area contributed by atoms with Crippen molar-refractivity contribution >= 4 is 16.8 Å². The number of aryl methyl sites for hydroxylation is 1. The van der Waals surface area contributed by atoms with Crippen molar-refractivity contribution in [1.29, 1.82) is 0 Å². The number of unbranched alkanes of at least 4 members (excludes halogenated alkanes) is 1. The standard InChI is InChI=1S/C27H30FNO5/c1-32-22-15-23(33-2)25-24(16-22)34-17-20(27(25)31)5-3-4-12-29-13-10-19(11-14-29)26(30)18-6-8-21(28)9-7-18/h6-9,15-17,19H,3-5,10-14H2,1-2H3. The van der Waals surface area contributed by atoms with Crippen molar-refractivity contribution in [3.8, 4) is 11.5 Å². The molecule has 0 unspecified atom stereocenters. The zero-order valence-corrected chi connectivity index (χ0v) is 19.6. The van der Waals surface area contributed by atoms with E-state index in [2.05, 4.69) is 4.90 Å². The van der Waals surface area contributed by atoms with Crippen molar-refractivity contribution in [1.82, 2.24) is 4.90 Å². The number of likely N-dealkylation sites (tertiary alicyclic amines) is 1. The lowest BCUT2D eigenvalue weighted by Gasteiger charge is -2.31. The summed E-state index contributed by atoms with van der Waals surface area (Å²) in [7, 11) is 3.08. The number of Topliss-reactive ketones (excluding diaryl/α,β-unsaturated/α-hetero) is 1. The van der Waals surface area contributed by atoms with Crippen molar-refractivity contribution < 1.29 is 23.1 Å². The van der Waals surface area contributed by atoms with Crippen molar-refractivity contribution in [2.45, 2.75) is 32.1 Å². The first-order chi connectivity index (χ1) is 16.5. The summed E-state index contributed by atoms with van der Waals surface area (Å²) in [5.41, 5.74) is 1.60. The maximum absolute atomic E-state index is 13.1. The highest BCUT2D eigenvalue weighted by molar-refractivity contribution is 5.97. The highest BCUT2D eigenvalue weighted by atomic mass is 19.1. The number of ether oxygens (including phenoxy) is 2. The molecule has 34 heavy (non-hydrogen) atoms. The highest BCUT2D eigenvalue weighted by Gasteiger charge is 2.25. The maximum Gasteiger partial charge on any atom is 0.199 e. The molecule has 0 N–H and O–H groups in total. The van der Waals surface area contributed by atoms with Crippen LogP contribution >= 0.6 is 0 Å². The minimum atomic E-state index is -0.327. The molecular formula is C27H30FNO5. The van der Waals surface area contributed by atoms with E-state index in [1.54, 1.807) is 31.4 Å². The van der Waals surface area contributed by atoms with Gasteiger partial charge in [-0.05, 0) is 76.0 Å². The lowest BCUT2D eigenvalue weighted by molar-refractivity contribution is 0.0839. The molecule has 1 aliphatic rings. The molecule has 3 aromatic rings. The summed E-state index contributed by atoms with van der Waals surface area (Å²) in [6.07, 6.45) is 5.61. The van der Waals surface area contributed by atoms with E-state index in [-0.39, 0.29) is 22.9 Å². The molecule has 0 saturated carbocycles. The third kappa shape index (κ3) is 5.30. The molecule has 0 atom stereocenters. The van der Waals surface area contributed by atoms with Gasteiger partial charge in [-0.3, -0.25) is 9.59 Å². The second-order valence-corrected chi connectivity index (χ2v) is 8.74. The second-order valence-electron chi connectivity index (χ2n) is 8.74. The number of carbonyl (C=O) groups is 1. The zero-order chi connectivity index (χ0) is 24.1. The SMILES string of the molecule is COc1cc(OC)c2c(=O)c(CCCCN3CCC(C(=O)c4ccc(F)cc4)CC3)coc2c1. The van der Waals surface area contributed by atoms with Gasteiger partial charge in [0, 0.05) is 29.2 Å². The number of fused-ring (bicyclic) bond motifs is 1. The van der Waals surface area contributed by atoms with Gasteiger partial charge in [0.1, 0.15) is 28.3 Å². The molecule has 0 bridgehead atoms. The predicted octanol–water partition coefficient (Wildman–Crippen LogP) is 4.87. The quantitative estimate of drug-likeness (QED) is 0.331. The Labute approximate surface area is 198 Å². The molecule has 7 heteroatoms. The molecule has 6 nitrogen and oxygen atoms in total. The molecule has 1 saturated heterocycles. The Morgan fingerprint density at radius 2 is 1.82 bits per heavy atom. The van der Waals surface area contributed by atoms with Crippen molar-refractivity contribution in [2.24, 2.45) is 5.92 Å². The fourth-order valence-electron chi connectivity index (χ4n) is 4.60. The number of halogens is 1. The Bertz CT molecular complexity index is 1200. The summed E-state index contributed by atoms with van der Waals surface area (Å²) in [6.45, 7) is 2.67. The molecule has 1 aliphatic heterocycles. The van der Waals surface area contributed by atoms with Crippen molar-refractivity contribution in [3.05, 3.63) is 69.8 Å². The monoisotopic (exact) mass is 467 g/mol. The number of benzene rings is 2. The van der Waals surface area contributed by atoms with Crippen LogP contribution in [0.25, 0.3) is 11.0 Å². The Morgan fingerprint density at radius 3 is 2.50 bits per heavy atom. The minimum absolute atomic E-state index is 0.00227. The van der Waals surface area contributed by atoms with E-state index in [1.165, 1.54) is 25.5 Å². The first-order valence-corrected chi connectivity index (χ1v) is 11.7. The van der Waals surface area contributed by atoms with Crippen LogP contribution in [0.2, 0.25) is 0 Å². The van der Waals surface area contributed by atoms with Gasteiger partial charge in [0.15, 0.2) is 11.2 Å². The minimum Gasteiger partial charge on any atom is -0.496 e. The van der Waals surface area contributed by atoms with Gasteiger partial charge in [0.25, 0.3) is 0 Å². The third-order valence-corrected chi connectivity index (χ3v) is 6.60. The molecule has 0 amide bonds. The van der Waals surface area contributed by atoms with Gasteiger partial charge < -0.3 is 18.8 Å².